The zero-order chi connectivity index (χ0) is 26.3. The van der Waals surface area contributed by atoms with Gasteiger partial charge in [-0.15, -0.1) is 0 Å². The Labute approximate surface area is 222 Å². The van der Waals surface area contributed by atoms with Gasteiger partial charge in [0, 0.05) is 67.7 Å². The molecule has 3 aromatic rings. The molecule has 3 fully saturated rings. The zero-order valence-corrected chi connectivity index (χ0v) is 22.3. The molecule has 0 amide bonds. The fourth-order valence-electron chi connectivity index (χ4n) is 5.65. The van der Waals surface area contributed by atoms with E-state index in [0.717, 1.165) is 48.8 Å². The molecule has 38 heavy (non-hydrogen) atoms. The molecule has 3 aliphatic rings. The standard InChI is InChI=1S/C27H35FN6O3S/c28-25-15-21(38(36,37)33-13-11-29-12-14-33)7-8-22(25)24-17-34(19-3-5-20(35)6-4-19)26-23(24)16-31-27(32-26)30-10-9-18-1-2-18/h7-8,15-20,29,35H,1-6,9-14H2,(H,30,31,32). The Balaban J connectivity index is 1.35. The Morgan fingerprint density at radius 3 is 2.55 bits per heavy atom. The van der Waals surface area contributed by atoms with Crippen molar-refractivity contribution in [2.24, 2.45) is 5.92 Å². The van der Waals surface area contributed by atoms with Crippen molar-refractivity contribution in [2.45, 2.75) is 62.0 Å². The number of aliphatic hydroxyl groups is 1. The number of piperazine rings is 1. The van der Waals surface area contributed by atoms with Gasteiger partial charge >= 0.3 is 0 Å². The highest BCUT2D eigenvalue weighted by atomic mass is 32.2. The lowest BCUT2D eigenvalue weighted by Crippen LogP contribution is -2.46. The first kappa shape index (κ1) is 25.7. The number of hydrogen-bond donors (Lipinski definition) is 3. The summed E-state index contributed by atoms with van der Waals surface area (Å²) in [5.74, 6) is 0.764. The SMILES string of the molecule is O=S(=O)(c1ccc(-c2cn(C3CCC(O)CC3)c3nc(NCCC4CC4)ncc23)c(F)c1)N1CCNCC1. The number of sulfonamides is 1. The molecule has 0 bridgehead atoms. The number of fused-ring (bicyclic) bond motifs is 1. The minimum atomic E-state index is -3.77. The predicted octanol–water partition coefficient (Wildman–Crippen LogP) is 3.52. The average molecular weight is 543 g/mol. The maximum Gasteiger partial charge on any atom is 0.243 e. The van der Waals surface area contributed by atoms with Crippen molar-refractivity contribution in [3.63, 3.8) is 0 Å². The summed E-state index contributed by atoms with van der Waals surface area (Å²) in [6.45, 7) is 2.70. The first-order valence-corrected chi connectivity index (χ1v) is 15.1. The predicted molar refractivity (Wildman–Crippen MR) is 144 cm³/mol. The Hall–Kier alpha value is -2.60. The van der Waals surface area contributed by atoms with Crippen LogP contribution in [0.2, 0.25) is 0 Å². The number of hydrogen-bond acceptors (Lipinski definition) is 7. The highest BCUT2D eigenvalue weighted by molar-refractivity contribution is 7.89. The molecule has 0 spiro atoms. The van der Waals surface area contributed by atoms with Crippen LogP contribution >= 0.6 is 0 Å². The van der Waals surface area contributed by atoms with E-state index in [4.69, 9.17) is 4.98 Å². The smallest absolute Gasteiger partial charge is 0.243 e. The molecule has 3 N–H and O–H groups in total. The lowest BCUT2D eigenvalue weighted by atomic mass is 9.93. The lowest BCUT2D eigenvalue weighted by molar-refractivity contribution is 0.111. The number of benzene rings is 1. The van der Waals surface area contributed by atoms with E-state index in [1.165, 1.54) is 23.2 Å². The largest absolute Gasteiger partial charge is 0.393 e. The van der Waals surface area contributed by atoms with Gasteiger partial charge in [0.2, 0.25) is 16.0 Å². The van der Waals surface area contributed by atoms with Gasteiger partial charge < -0.3 is 20.3 Å². The summed E-state index contributed by atoms with van der Waals surface area (Å²) < 4.78 is 45.3. The van der Waals surface area contributed by atoms with Gasteiger partial charge in [-0.05, 0) is 50.2 Å². The average Bonchev–Trinajstić information content (AvgIpc) is 3.68. The third-order valence-electron chi connectivity index (χ3n) is 8.11. The summed E-state index contributed by atoms with van der Waals surface area (Å²) in [5.41, 5.74) is 1.68. The van der Waals surface area contributed by atoms with Crippen LogP contribution in [-0.4, -0.2) is 71.2 Å². The molecular formula is C27H35FN6O3S. The van der Waals surface area contributed by atoms with Crippen LogP contribution in [0.25, 0.3) is 22.2 Å². The van der Waals surface area contributed by atoms with Gasteiger partial charge in [0.15, 0.2) is 0 Å². The topological polar surface area (TPSA) is 112 Å². The van der Waals surface area contributed by atoms with E-state index >= 15 is 4.39 Å². The molecule has 204 valence electrons. The van der Waals surface area contributed by atoms with Crippen LogP contribution in [-0.2, 0) is 10.0 Å². The molecule has 0 unspecified atom stereocenters. The van der Waals surface area contributed by atoms with E-state index in [-0.39, 0.29) is 17.0 Å². The highest BCUT2D eigenvalue weighted by Gasteiger charge is 2.28. The Morgan fingerprint density at radius 2 is 1.84 bits per heavy atom. The summed E-state index contributed by atoms with van der Waals surface area (Å²) in [7, 11) is -3.77. The first-order chi connectivity index (χ1) is 18.4. The van der Waals surface area contributed by atoms with E-state index in [9.17, 15) is 13.5 Å². The van der Waals surface area contributed by atoms with E-state index in [1.807, 2.05) is 6.20 Å². The third kappa shape index (κ3) is 5.16. The molecule has 9 nitrogen and oxygen atoms in total. The lowest BCUT2D eigenvalue weighted by Gasteiger charge is -2.27. The molecule has 1 saturated heterocycles. The Morgan fingerprint density at radius 1 is 1.08 bits per heavy atom. The summed E-state index contributed by atoms with van der Waals surface area (Å²) in [6, 6.07) is 4.31. The van der Waals surface area contributed by atoms with E-state index in [0.29, 0.717) is 56.1 Å². The van der Waals surface area contributed by atoms with Crippen LogP contribution in [0.1, 0.15) is 51.0 Å². The highest BCUT2D eigenvalue weighted by Crippen LogP contribution is 2.38. The number of nitrogens with one attached hydrogen (secondary N) is 2. The summed E-state index contributed by atoms with van der Waals surface area (Å²) in [6.07, 6.45) is 10.1. The summed E-state index contributed by atoms with van der Waals surface area (Å²) in [5, 5.41) is 17.2. The first-order valence-electron chi connectivity index (χ1n) is 13.7. The quantitative estimate of drug-likeness (QED) is 0.399. The van der Waals surface area contributed by atoms with E-state index < -0.39 is 15.8 Å². The van der Waals surface area contributed by atoms with Gasteiger partial charge in [0.05, 0.1) is 11.0 Å². The summed E-state index contributed by atoms with van der Waals surface area (Å²) >= 11 is 0. The van der Waals surface area contributed by atoms with Gasteiger partial charge in [0.1, 0.15) is 11.5 Å². The fourth-order valence-corrected chi connectivity index (χ4v) is 7.10. The van der Waals surface area contributed by atoms with E-state index in [1.54, 1.807) is 12.3 Å². The van der Waals surface area contributed by atoms with Crippen molar-refractivity contribution in [1.29, 1.82) is 0 Å². The molecule has 11 heteroatoms. The number of anilines is 1. The number of aromatic nitrogens is 3. The number of rotatable bonds is 8. The molecular weight excluding hydrogens is 507 g/mol. The second-order valence-corrected chi connectivity index (χ2v) is 12.7. The molecule has 2 aromatic heterocycles. The molecule has 2 saturated carbocycles. The van der Waals surface area contributed by atoms with Crippen molar-refractivity contribution in [1.82, 2.24) is 24.2 Å². The number of nitrogens with zero attached hydrogens (tertiary/aromatic N) is 4. The molecule has 6 rings (SSSR count). The maximum absolute atomic E-state index is 15.6. The molecule has 1 aliphatic heterocycles. The van der Waals surface area contributed by atoms with Crippen molar-refractivity contribution in [2.75, 3.05) is 38.0 Å². The van der Waals surface area contributed by atoms with Gasteiger partial charge in [-0.1, -0.05) is 18.9 Å². The Kier molecular flexibility index (Phi) is 7.10. The van der Waals surface area contributed by atoms with Crippen molar-refractivity contribution in [3.8, 4) is 11.1 Å². The van der Waals surface area contributed by atoms with Gasteiger partial charge in [-0.3, -0.25) is 0 Å². The van der Waals surface area contributed by atoms with Crippen molar-refractivity contribution < 1.29 is 17.9 Å². The minimum absolute atomic E-state index is 0.0379. The second kappa shape index (κ2) is 10.5. The number of halogens is 1. The summed E-state index contributed by atoms with van der Waals surface area (Å²) in [4.78, 5) is 9.31. The molecule has 0 atom stereocenters. The van der Waals surface area contributed by atoms with Crippen LogP contribution in [0.4, 0.5) is 10.3 Å². The zero-order valence-electron chi connectivity index (χ0n) is 21.4. The fraction of sp³-hybridized carbons (Fsp3) is 0.556. The van der Waals surface area contributed by atoms with Crippen LogP contribution < -0.4 is 10.6 Å². The van der Waals surface area contributed by atoms with Crippen molar-refractivity contribution >= 4 is 27.0 Å². The normalized spacial score (nSPS) is 23.1. The van der Waals surface area contributed by atoms with Crippen LogP contribution in [0.15, 0.2) is 35.5 Å². The molecule has 1 aromatic carbocycles. The molecule has 0 radical (unpaired) electrons. The van der Waals surface area contributed by atoms with Crippen LogP contribution in [0, 0.1) is 11.7 Å². The number of aliphatic hydroxyl groups excluding tert-OH is 1. The Bertz CT molecular complexity index is 1410. The molecule has 2 aliphatic carbocycles. The van der Waals surface area contributed by atoms with Crippen molar-refractivity contribution in [3.05, 3.63) is 36.4 Å². The van der Waals surface area contributed by atoms with Gasteiger partial charge in [-0.2, -0.15) is 9.29 Å². The van der Waals surface area contributed by atoms with Gasteiger partial charge in [-0.25, -0.2) is 17.8 Å². The maximum atomic E-state index is 15.6. The van der Waals surface area contributed by atoms with Gasteiger partial charge in [0.25, 0.3) is 0 Å². The minimum Gasteiger partial charge on any atom is -0.393 e. The van der Waals surface area contributed by atoms with Crippen LogP contribution in [0.3, 0.4) is 0 Å². The second-order valence-electron chi connectivity index (χ2n) is 10.8. The monoisotopic (exact) mass is 542 g/mol. The van der Waals surface area contributed by atoms with Crippen LogP contribution in [0.5, 0.6) is 0 Å². The molecule has 3 heterocycles. The van der Waals surface area contributed by atoms with E-state index in [2.05, 4.69) is 20.2 Å². The third-order valence-corrected chi connectivity index (χ3v) is 10.0.